The number of carbonyl (C=O) groups excluding carboxylic acids is 1. The van der Waals surface area contributed by atoms with Gasteiger partial charge in [0.25, 0.3) is 0 Å². The van der Waals surface area contributed by atoms with Crippen LogP contribution in [0.1, 0.15) is 19.8 Å². The Morgan fingerprint density at radius 2 is 2.25 bits per heavy atom. The van der Waals surface area contributed by atoms with Crippen LogP contribution in [0, 0.1) is 11.3 Å². The van der Waals surface area contributed by atoms with E-state index in [4.69, 9.17) is 5.26 Å². The van der Waals surface area contributed by atoms with E-state index in [9.17, 15) is 4.79 Å². The number of carbonyl (C=O) groups is 1. The maximum Gasteiger partial charge on any atom is 1.00 e. The molecule has 0 amide bonds. The minimum absolute atomic E-state index is 0. The number of Topliss-reactive ketones (excluding diaryl/α,β-unsaturated/α-hetero) is 1. The summed E-state index contributed by atoms with van der Waals surface area (Å²) in [7, 11) is 0. The predicted octanol–water partition coefficient (Wildman–Crippen LogP) is -2.12. The van der Waals surface area contributed by atoms with Gasteiger partial charge in [-0.15, -0.1) is 0 Å². The van der Waals surface area contributed by atoms with Crippen LogP contribution in [0.15, 0.2) is 0 Å². The summed E-state index contributed by atoms with van der Waals surface area (Å²) in [5.74, 6) is 0.0162. The molecule has 0 rings (SSSR count). The van der Waals surface area contributed by atoms with Crippen molar-refractivity contribution in [3.8, 4) is 6.07 Å². The molecule has 0 saturated heterocycles. The van der Waals surface area contributed by atoms with E-state index in [0.29, 0.717) is 6.42 Å². The molecule has 0 aliphatic carbocycles. The summed E-state index contributed by atoms with van der Waals surface area (Å²) in [6, 6.07) is 1.77. The third kappa shape index (κ3) is 6.16. The molecule has 0 aromatic rings. The fraction of sp³-hybridized carbons (Fsp3) is 0.600. The van der Waals surface area contributed by atoms with E-state index in [1.807, 2.05) is 0 Å². The maximum absolute atomic E-state index is 10.2. The second-order valence-electron chi connectivity index (χ2n) is 1.23. The number of nitrogens with zero attached hydrogens (tertiary/aromatic N) is 1. The molecule has 0 spiro atoms. The summed E-state index contributed by atoms with van der Waals surface area (Å²) in [5, 5.41) is 7.90. The Hall–Kier alpha value is 0.160. The standard InChI is InChI=1S/C5H7NO.Na/c1-2-5(7)3-4-6;/h2-3H2,1H3;/q;+1. The van der Waals surface area contributed by atoms with Crippen LogP contribution in [-0.2, 0) is 4.79 Å². The summed E-state index contributed by atoms with van der Waals surface area (Å²) in [5.41, 5.74) is 0. The van der Waals surface area contributed by atoms with Gasteiger partial charge in [-0.3, -0.25) is 4.79 Å². The van der Waals surface area contributed by atoms with Crippen molar-refractivity contribution in [2.45, 2.75) is 19.8 Å². The molecule has 0 radical (unpaired) electrons. The first-order valence-corrected chi connectivity index (χ1v) is 2.20. The molecule has 0 bridgehead atoms. The van der Waals surface area contributed by atoms with E-state index in [2.05, 4.69) is 0 Å². The van der Waals surface area contributed by atoms with Gasteiger partial charge in [-0.1, -0.05) is 6.92 Å². The predicted molar refractivity (Wildman–Crippen MR) is 25.5 cm³/mol. The van der Waals surface area contributed by atoms with E-state index < -0.39 is 0 Å². The normalized spacial score (nSPS) is 6.50. The summed E-state index contributed by atoms with van der Waals surface area (Å²) >= 11 is 0. The summed E-state index contributed by atoms with van der Waals surface area (Å²) in [6.07, 6.45) is 0.546. The number of ketones is 1. The molecule has 8 heavy (non-hydrogen) atoms. The molecule has 0 aliphatic heterocycles. The van der Waals surface area contributed by atoms with Crippen molar-refractivity contribution in [1.82, 2.24) is 0 Å². The van der Waals surface area contributed by atoms with Gasteiger partial charge in [-0.25, -0.2) is 0 Å². The van der Waals surface area contributed by atoms with Crippen LogP contribution in [0.3, 0.4) is 0 Å². The zero-order valence-corrected chi connectivity index (χ0v) is 7.27. The Balaban J connectivity index is 0. The van der Waals surface area contributed by atoms with Gasteiger partial charge in [0.1, 0.15) is 5.78 Å². The molecular formula is C5H7NNaO+. The van der Waals surface area contributed by atoms with Crippen LogP contribution in [0.2, 0.25) is 0 Å². The first-order chi connectivity index (χ1) is 3.31. The first-order valence-electron chi connectivity index (χ1n) is 2.20. The molecule has 3 heteroatoms. The molecule has 2 nitrogen and oxygen atoms in total. The molecule has 0 saturated carbocycles. The Morgan fingerprint density at radius 1 is 1.75 bits per heavy atom. The molecule has 0 N–H and O–H groups in total. The summed E-state index contributed by atoms with van der Waals surface area (Å²) in [4.78, 5) is 10.2. The van der Waals surface area contributed by atoms with Crippen LogP contribution in [0.5, 0.6) is 0 Å². The Kier molecular flexibility index (Phi) is 9.87. The van der Waals surface area contributed by atoms with Gasteiger partial charge in [0, 0.05) is 6.42 Å². The quantitative estimate of drug-likeness (QED) is 0.391. The van der Waals surface area contributed by atoms with Crippen LogP contribution >= 0.6 is 0 Å². The number of hydrogen-bond donors (Lipinski definition) is 0. The number of rotatable bonds is 2. The smallest absolute Gasteiger partial charge is 0.299 e. The zero-order chi connectivity index (χ0) is 5.70. The number of nitriles is 1. The van der Waals surface area contributed by atoms with E-state index in [-0.39, 0.29) is 41.8 Å². The van der Waals surface area contributed by atoms with E-state index in [1.54, 1.807) is 13.0 Å². The van der Waals surface area contributed by atoms with Crippen molar-refractivity contribution in [3.05, 3.63) is 0 Å². The maximum atomic E-state index is 10.2. The Labute approximate surface area is 71.2 Å². The Bertz CT molecular complexity index is 105. The van der Waals surface area contributed by atoms with Crippen molar-refractivity contribution < 1.29 is 34.4 Å². The van der Waals surface area contributed by atoms with Crippen LogP contribution in [0.4, 0.5) is 0 Å². The van der Waals surface area contributed by atoms with Gasteiger partial charge in [-0.2, -0.15) is 5.26 Å². The fourth-order valence-corrected chi connectivity index (χ4v) is 0.213. The molecular weight excluding hydrogens is 113 g/mol. The Morgan fingerprint density at radius 3 is 2.38 bits per heavy atom. The number of hydrogen-bond acceptors (Lipinski definition) is 2. The molecule has 0 atom stereocenters. The average molecular weight is 120 g/mol. The molecule has 0 heterocycles. The molecule has 0 fully saturated rings. The second-order valence-corrected chi connectivity index (χ2v) is 1.23. The van der Waals surface area contributed by atoms with Gasteiger partial charge < -0.3 is 0 Å². The molecule has 0 aromatic carbocycles. The summed E-state index contributed by atoms with van der Waals surface area (Å²) in [6.45, 7) is 1.75. The third-order valence-corrected chi connectivity index (χ3v) is 0.671. The van der Waals surface area contributed by atoms with Gasteiger partial charge in [0.15, 0.2) is 0 Å². The minimum Gasteiger partial charge on any atom is -0.299 e. The second kappa shape index (κ2) is 7.16. The van der Waals surface area contributed by atoms with Crippen molar-refractivity contribution >= 4 is 5.78 Å². The monoisotopic (exact) mass is 120 g/mol. The zero-order valence-electron chi connectivity index (χ0n) is 5.27. The van der Waals surface area contributed by atoms with Crippen molar-refractivity contribution in [2.24, 2.45) is 0 Å². The minimum atomic E-state index is 0. The van der Waals surface area contributed by atoms with Gasteiger partial charge in [-0.05, 0) is 0 Å². The van der Waals surface area contributed by atoms with Gasteiger partial charge in [0.05, 0.1) is 12.5 Å². The van der Waals surface area contributed by atoms with Crippen molar-refractivity contribution in [2.75, 3.05) is 0 Å². The molecule has 0 aliphatic rings. The largest absolute Gasteiger partial charge is 1.00 e. The topological polar surface area (TPSA) is 40.9 Å². The SMILES string of the molecule is CCC(=O)CC#N.[Na+]. The van der Waals surface area contributed by atoms with Crippen LogP contribution in [-0.4, -0.2) is 5.78 Å². The van der Waals surface area contributed by atoms with Crippen LogP contribution < -0.4 is 29.6 Å². The molecule has 0 unspecified atom stereocenters. The molecule has 0 aromatic heterocycles. The fourth-order valence-electron chi connectivity index (χ4n) is 0.213. The van der Waals surface area contributed by atoms with Crippen LogP contribution in [0.25, 0.3) is 0 Å². The van der Waals surface area contributed by atoms with Gasteiger partial charge >= 0.3 is 29.6 Å². The van der Waals surface area contributed by atoms with Crippen molar-refractivity contribution in [3.63, 3.8) is 0 Å². The van der Waals surface area contributed by atoms with E-state index in [0.717, 1.165) is 0 Å². The van der Waals surface area contributed by atoms with Crippen molar-refractivity contribution in [1.29, 1.82) is 5.26 Å². The summed E-state index contributed by atoms with van der Waals surface area (Å²) < 4.78 is 0. The molecule has 38 valence electrons. The first kappa shape index (κ1) is 11.0. The third-order valence-electron chi connectivity index (χ3n) is 0.671. The van der Waals surface area contributed by atoms with Gasteiger partial charge in [0.2, 0.25) is 0 Å². The van der Waals surface area contributed by atoms with E-state index >= 15 is 0 Å². The average Bonchev–Trinajstić information content (AvgIpc) is 1.68. The van der Waals surface area contributed by atoms with E-state index in [1.165, 1.54) is 0 Å².